The zero-order valence-corrected chi connectivity index (χ0v) is 9.98. The molecule has 0 aliphatic rings. The van der Waals surface area contributed by atoms with E-state index in [9.17, 15) is 14.9 Å². The molecule has 0 atom stereocenters. The largest absolute Gasteiger partial charge is 0.279 e. The summed E-state index contributed by atoms with van der Waals surface area (Å²) in [5, 5.41) is 10.4. The van der Waals surface area contributed by atoms with Crippen molar-refractivity contribution in [1.29, 1.82) is 0 Å². The Balaban J connectivity index is 2.90. The second kappa shape index (κ2) is 4.79. The summed E-state index contributed by atoms with van der Waals surface area (Å²) in [6.07, 6.45) is 0. The Morgan fingerprint density at radius 2 is 1.76 bits per heavy atom. The lowest BCUT2D eigenvalue weighted by molar-refractivity contribution is -0.384. The minimum atomic E-state index is -0.505. The molecule has 1 aromatic carbocycles. The molecule has 0 heterocycles. The number of Topliss-reactive ketones (excluding diaryl/α,β-unsaturated/α-hetero) is 1. The number of non-ortho nitro benzene ring substituents is 1. The highest BCUT2D eigenvalue weighted by Crippen LogP contribution is 2.13. The molecule has 4 nitrogen and oxygen atoms in total. The summed E-state index contributed by atoms with van der Waals surface area (Å²) in [5.74, 6) is 5.03. The number of hydrogen-bond donors (Lipinski definition) is 0. The average molecular weight is 231 g/mol. The summed E-state index contributed by atoms with van der Waals surface area (Å²) in [6.45, 7) is 5.72. The van der Waals surface area contributed by atoms with Crippen LogP contribution < -0.4 is 0 Å². The highest BCUT2D eigenvalue weighted by Gasteiger charge is 2.09. The van der Waals surface area contributed by atoms with Gasteiger partial charge in [-0.2, -0.15) is 0 Å². The van der Waals surface area contributed by atoms with Crippen molar-refractivity contribution in [1.82, 2.24) is 0 Å². The Morgan fingerprint density at radius 3 is 2.18 bits per heavy atom. The van der Waals surface area contributed by atoms with E-state index in [4.69, 9.17) is 0 Å². The van der Waals surface area contributed by atoms with Crippen LogP contribution in [0, 0.1) is 27.4 Å². The molecule has 0 aliphatic carbocycles. The van der Waals surface area contributed by atoms with E-state index in [2.05, 4.69) is 11.8 Å². The third-order valence-electron chi connectivity index (χ3n) is 1.89. The Kier molecular flexibility index (Phi) is 3.64. The monoisotopic (exact) mass is 231 g/mol. The molecule has 0 spiro atoms. The summed E-state index contributed by atoms with van der Waals surface area (Å²) in [7, 11) is 0. The minimum absolute atomic E-state index is 0.0367. The van der Waals surface area contributed by atoms with Crippen LogP contribution in [-0.2, 0) is 0 Å². The Hall–Kier alpha value is -2.15. The van der Waals surface area contributed by atoms with Crippen molar-refractivity contribution in [3.05, 3.63) is 39.9 Å². The topological polar surface area (TPSA) is 60.2 Å². The third-order valence-corrected chi connectivity index (χ3v) is 1.89. The summed E-state index contributed by atoms with van der Waals surface area (Å²) in [5.41, 5.74) is 0.0915. The van der Waals surface area contributed by atoms with E-state index in [1.807, 2.05) is 20.8 Å². The van der Waals surface area contributed by atoms with E-state index in [0.717, 1.165) is 0 Å². The number of benzene rings is 1. The van der Waals surface area contributed by atoms with E-state index in [0.29, 0.717) is 5.56 Å². The molecule has 0 unspecified atom stereocenters. The fourth-order valence-corrected chi connectivity index (χ4v) is 1.05. The van der Waals surface area contributed by atoms with Gasteiger partial charge in [0, 0.05) is 23.1 Å². The summed E-state index contributed by atoms with van der Waals surface area (Å²) >= 11 is 0. The second-order valence-electron chi connectivity index (χ2n) is 4.63. The van der Waals surface area contributed by atoms with Crippen molar-refractivity contribution in [3.8, 4) is 11.8 Å². The van der Waals surface area contributed by atoms with Gasteiger partial charge in [0.25, 0.3) is 5.69 Å². The van der Waals surface area contributed by atoms with Crippen molar-refractivity contribution < 1.29 is 9.72 Å². The van der Waals surface area contributed by atoms with Crippen LogP contribution in [0.4, 0.5) is 5.69 Å². The fourth-order valence-electron chi connectivity index (χ4n) is 1.05. The van der Waals surface area contributed by atoms with Gasteiger partial charge in [0.1, 0.15) is 0 Å². The van der Waals surface area contributed by atoms with Gasteiger partial charge < -0.3 is 0 Å². The van der Waals surface area contributed by atoms with Crippen molar-refractivity contribution in [2.45, 2.75) is 20.8 Å². The lowest BCUT2D eigenvalue weighted by Gasteiger charge is -2.06. The molecule has 0 saturated carbocycles. The quantitative estimate of drug-likeness (QED) is 0.258. The van der Waals surface area contributed by atoms with Crippen molar-refractivity contribution in [2.75, 3.05) is 0 Å². The molecule has 1 aromatic rings. The number of ketones is 1. The maximum atomic E-state index is 11.6. The van der Waals surface area contributed by atoms with Crippen molar-refractivity contribution in [2.24, 2.45) is 5.41 Å². The first kappa shape index (κ1) is 12.9. The number of hydrogen-bond acceptors (Lipinski definition) is 3. The average Bonchev–Trinajstić information content (AvgIpc) is 2.25. The van der Waals surface area contributed by atoms with E-state index in [-0.39, 0.29) is 16.9 Å². The molecule has 0 saturated heterocycles. The van der Waals surface area contributed by atoms with Gasteiger partial charge in [0.05, 0.1) is 4.92 Å². The SMILES string of the molecule is CC(C)(C)C#CC(=O)c1ccc([N+](=O)[O-])cc1. The van der Waals surface area contributed by atoms with Crippen LogP contribution in [0.1, 0.15) is 31.1 Å². The zero-order chi connectivity index (χ0) is 13.1. The molecular weight excluding hydrogens is 218 g/mol. The number of carbonyl (C=O) groups excluding carboxylic acids is 1. The lowest BCUT2D eigenvalue weighted by atomic mass is 9.97. The number of nitro groups is 1. The first-order valence-corrected chi connectivity index (χ1v) is 5.11. The van der Waals surface area contributed by atoms with E-state index in [1.165, 1.54) is 24.3 Å². The number of nitrogens with zero attached hydrogens (tertiary/aromatic N) is 1. The van der Waals surface area contributed by atoms with Crippen molar-refractivity contribution >= 4 is 11.5 Å². The predicted molar refractivity (Wildman–Crippen MR) is 64.7 cm³/mol. The van der Waals surface area contributed by atoms with Crippen LogP contribution in [0.15, 0.2) is 24.3 Å². The normalized spacial score (nSPS) is 10.3. The van der Waals surface area contributed by atoms with E-state index >= 15 is 0 Å². The molecule has 0 amide bonds. The molecule has 88 valence electrons. The van der Waals surface area contributed by atoms with Crippen molar-refractivity contribution in [3.63, 3.8) is 0 Å². The molecule has 4 heteroatoms. The van der Waals surface area contributed by atoms with Gasteiger partial charge in [0.15, 0.2) is 0 Å². The maximum Gasteiger partial charge on any atom is 0.269 e. The van der Waals surface area contributed by atoms with Crippen LogP contribution in [0.2, 0.25) is 0 Å². The third kappa shape index (κ3) is 4.07. The molecular formula is C13H13NO3. The summed E-state index contributed by atoms with van der Waals surface area (Å²) in [6, 6.07) is 5.42. The first-order valence-electron chi connectivity index (χ1n) is 5.11. The Bertz CT molecular complexity index is 498. The summed E-state index contributed by atoms with van der Waals surface area (Å²) < 4.78 is 0. The van der Waals surface area contributed by atoms with Gasteiger partial charge in [0.2, 0.25) is 5.78 Å². The highest BCUT2D eigenvalue weighted by atomic mass is 16.6. The van der Waals surface area contributed by atoms with Gasteiger partial charge in [-0.25, -0.2) is 0 Å². The van der Waals surface area contributed by atoms with E-state index < -0.39 is 4.92 Å². The lowest BCUT2D eigenvalue weighted by Crippen LogP contribution is -2.02. The molecule has 17 heavy (non-hydrogen) atoms. The Labute approximate surface area is 99.8 Å². The summed E-state index contributed by atoms with van der Waals surface area (Å²) in [4.78, 5) is 21.6. The fraction of sp³-hybridized carbons (Fsp3) is 0.308. The number of rotatable bonds is 2. The smallest absolute Gasteiger partial charge is 0.269 e. The van der Waals surface area contributed by atoms with Crippen LogP contribution >= 0.6 is 0 Å². The van der Waals surface area contributed by atoms with Gasteiger partial charge >= 0.3 is 0 Å². The van der Waals surface area contributed by atoms with Gasteiger partial charge in [-0.3, -0.25) is 14.9 Å². The van der Waals surface area contributed by atoms with Gasteiger partial charge in [-0.15, -0.1) is 0 Å². The van der Waals surface area contributed by atoms with Gasteiger partial charge in [-0.05, 0) is 38.8 Å². The number of nitro benzene ring substituents is 1. The molecule has 0 N–H and O–H groups in total. The molecule has 0 aromatic heterocycles. The molecule has 1 rings (SSSR count). The maximum absolute atomic E-state index is 11.6. The van der Waals surface area contributed by atoms with Crippen LogP contribution in [0.5, 0.6) is 0 Å². The molecule has 0 bridgehead atoms. The standard InChI is InChI=1S/C13H13NO3/c1-13(2,3)9-8-12(15)10-4-6-11(7-5-10)14(16)17/h4-7H,1-3H3. The van der Waals surface area contributed by atoms with Gasteiger partial charge in [-0.1, -0.05) is 5.92 Å². The van der Waals surface area contributed by atoms with Crippen LogP contribution in [0.25, 0.3) is 0 Å². The minimum Gasteiger partial charge on any atom is -0.279 e. The van der Waals surface area contributed by atoms with E-state index in [1.54, 1.807) is 0 Å². The van der Waals surface area contributed by atoms with Crippen LogP contribution in [-0.4, -0.2) is 10.7 Å². The predicted octanol–water partition coefficient (Wildman–Crippen LogP) is 2.83. The van der Waals surface area contributed by atoms with Crippen LogP contribution in [0.3, 0.4) is 0 Å². The Morgan fingerprint density at radius 1 is 1.24 bits per heavy atom. The highest BCUT2D eigenvalue weighted by molar-refractivity contribution is 6.09. The molecule has 0 aliphatic heterocycles. The zero-order valence-electron chi connectivity index (χ0n) is 9.98. The number of carbonyl (C=O) groups is 1. The molecule has 0 fully saturated rings. The first-order chi connectivity index (χ1) is 7.79. The molecule has 0 radical (unpaired) electrons. The second-order valence-corrected chi connectivity index (χ2v) is 4.63.